The van der Waals surface area contributed by atoms with Gasteiger partial charge in [-0.15, -0.1) is 11.8 Å². The number of thioether (sulfide) groups is 1. The molecular weight excluding hydrogens is 392 g/mol. The topological polar surface area (TPSA) is 49.4 Å². The summed E-state index contributed by atoms with van der Waals surface area (Å²) in [5, 5.41) is 2.97. The number of carbonyl (C=O) groups excluding carboxylic acids is 2. The molecule has 0 saturated heterocycles. The number of hydrogen-bond donors (Lipinski definition) is 1. The number of rotatable bonds is 11. The molecule has 2 aromatic rings. The summed E-state index contributed by atoms with van der Waals surface area (Å²) in [5.41, 5.74) is 4.63. The van der Waals surface area contributed by atoms with Crippen LogP contribution in [0.5, 0.6) is 0 Å². The summed E-state index contributed by atoms with van der Waals surface area (Å²) in [7, 11) is 0. The molecule has 0 aliphatic carbocycles. The lowest BCUT2D eigenvalue weighted by molar-refractivity contribution is -0.138. The molecule has 1 N–H and O–H groups in total. The molecule has 30 heavy (non-hydrogen) atoms. The summed E-state index contributed by atoms with van der Waals surface area (Å²) in [6.45, 7) is 9.11. The van der Waals surface area contributed by atoms with Gasteiger partial charge in [0.25, 0.3) is 0 Å². The molecule has 0 bridgehead atoms. The van der Waals surface area contributed by atoms with Crippen LogP contribution in [0.25, 0.3) is 0 Å². The first-order valence-electron chi connectivity index (χ1n) is 10.7. The minimum atomic E-state index is -0.506. The van der Waals surface area contributed by atoms with Crippen LogP contribution in [0.2, 0.25) is 0 Å². The van der Waals surface area contributed by atoms with Crippen molar-refractivity contribution in [3.8, 4) is 0 Å². The lowest BCUT2D eigenvalue weighted by Crippen LogP contribution is -2.48. The highest BCUT2D eigenvalue weighted by Crippen LogP contribution is 2.18. The van der Waals surface area contributed by atoms with E-state index in [1.54, 1.807) is 16.7 Å². The summed E-state index contributed by atoms with van der Waals surface area (Å²) in [6.07, 6.45) is 1.97. The average molecular weight is 427 g/mol. The van der Waals surface area contributed by atoms with E-state index >= 15 is 0 Å². The number of nitrogens with zero attached hydrogens (tertiary/aromatic N) is 1. The Morgan fingerprint density at radius 3 is 2.43 bits per heavy atom. The van der Waals surface area contributed by atoms with E-state index in [-0.39, 0.29) is 11.8 Å². The maximum atomic E-state index is 13.1. The Labute approximate surface area is 185 Å². The number of benzene rings is 2. The van der Waals surface area contributed by atoms with E-state index in [1.807, 2.05) is 38.1 Å². The van der Waals surface area contributed by atoms with Crippen LogP contribution >= 0.6 is 11.8 Å². The van der Waals surface area contributed by atoms with Gasteiger partial charge in [0.05, 0.1) is 5.75 Å². The smallest absolute Gasteiger partial charge is 0.242 e. The molecule has 4 nitrogen and oxygen atoms in total. The number of unbranched alkanes of at least 4 members (excludes halogenated alkanes) is 1. The second-order valence-corrected chi connectivity index (χ2v) is 8.73. The first-order valence-corrected chi connectivity index (χ1v) is 11.8. The number of amides is 2. The van der Waals surface area contributed by atoms with Gasteiger partial charge in [-0.2, -0.15) is 0 Å². The molecule has 0 aromatic heterocycles. The van der Waals surface area contributed by atoms with Crippen molar-refractivity contribution in [2.24, 2.45) is 0 Å². The van der Waals surface area contributed by atoms with Crippen LogP contribution in [0, 0.1) is 13.8 Å². The molecule has 0 saturated carbocycles. The molecular formula is C25H34N2O2S. The maximum Gasteiger partial charge on any atom is 0.242 e. The maximum absolute atomic E-state index is 13.1. The molecule has 5 heteroatoms. The second kappa shape index (κ2) is 12.4. The summed E-state index contributed by atoms with van der Waals surface area (Å²) >= 11 is 1.59. The van der Waals surface area contributed by atoms with E-state index in [0.29, 0.717) is 18.8 Å². The fourth-order valence-corrected chi connectivity index (χ4v) is 3.98. The lowest BCUT2D eigenvalue weighted by atomic mass is 10.1. The van der Waals surface area contributed by atoms with Crippen LogP contribution in [0.4, 0.5) is 0 Å². The Bertz CT molecular complexity index is 820. The molecule has 0 aliphatic rings. The van der Waals surface area contributed by atoms with Crippen molar-refractivity contribution in [1.29, 1.82) is 0 Å². The first kappa shape index (κ1) is 24.0. The molecule has 0 unspecified atom stereocenters. The average Bonchev–Trinajstić information content (AvgIpc) is 2.74. The Morgan fingerprint density at radius 2 is 1.77 bits per heavy atom. The molecule has 0 fully saturated rings. The van der Waals surface area contributed by atoms with Crippen molar-refractivity contribution in [2.45, 2.75) is 58.9 Å². The van der Waals surface area contributed by atoms with E-state index in [0.717, 1.165) is 29.7 Å². The first-order chi connectivity index (χ1) is 14.4. The predicted molar refractivity (Wildman–Crippen MR) is 126 cm³/mol. The predicted octanol–water partition coefficient (Wildman–Crippen LogP) is 4.87. The Hall–Kier alpha value is -2.27. The van der Waals surface area contributed by atoms with Crippen LogP contribution in [-0.2, 0) is 21.9 Å². The molecule has 2 rings (SSSR count). The van der Waals surface area contributed by atoms with Gasteiger partial charge in [-0.1, -0.05) is 67.4 Å². The van der Waals surface area contributed by atoms with Gasteiger partial charge in [-0.05, 0) is 43.9 Å². The van der Waals surface area contributed by atoms with Crippen LogP contribution in [0.1, 0.15) is 48.9 Å². The van der Waals surface area contributed by atoms with Crippen molar-refractivity contribution >= 4 is 23.6 Å². The highest BCUT2D eigenvalue weighted by molar-refractivity contribution is 7.99. The molecule has 2 amide bonds. The number of hydrogen-bond acceptors (Lipinski definition) is 3. The van der Waals surface area contributed by atoms with E-state index in [2.05, 4.69) is 43.4 Å². The van der Waals surface area contributed by atoms with Gasteiger partial charge in [-0.3, -0.25) is 9.59 Å². The Kier molecular flexibility index (Phi) is 9.95. The van der Waals surface area contributed by atoms with Gasteiger partial charge in [0.1, 0.15) is 6.04 Å². The quantitative estimate of drug-likeness (QED) is 0.522. The molecule has 2 aromatic carbocycles. The number of carbonyl (C=O) groups is 2. The zero-order chi connectivity index (χ0) is 21.9. The van der Waals surface area contributed by atoms with E-state index in [1.165, 1.54) is 11.1 Å². The summed E-state index contributed by atoms with van der Waals surface area (Å²) in [5.74, 6) is 1.04. The third kappa shape index (κ3) is 7.52. The molecule has 0 radical (unpaired) electrons. The minimum Gasteiger partial charge on any atom is -0.354 e. The van der Waals surface area contributed by atoms with E-state index < -0.39 is 6.04 Å². The van der Waals surface area contributed by atoms with E-state index in [9.17, 15) is 9.59 Å². The van der Waals surface area contributed by atoms with Crippen LogP contribution in [0.3, 0.4) is 0 Å². The molecule has 162 valence electrons. The third-order valence-electron chi connectivity index (χ3n) is 5.21. The van der Waals surface area contributed by atoms with Gasteiger partial charge in [-0.25, -0.2) is 0 Å². The zero-order valence-electron chi connectivity index (χ0n) is 18.6. The standard InChI is InChI=1S/C25H34N2O2S/c1-5-6-15-26-25(29)21(4)27(16-23-10-8-7-9-20(23)3)24(28)18-30-17-22-13-11-19(2)12-14-22/h7-14,21H,5-6,15-18H2,1-4H3,(H,26,29)/t21-/m0/s1. The van der Waals surface area contributed by atoms with Gasteiger partial charge in [0, 0.05) is 18.8 Å². The summed E-state index contributed by atoms with van der Waals surface area (Å²) in [4.78, 5) is 27.5. The Balaban J connectivity index is 2.04. The van der Waals surface area contributed by atoms with Gasteiger partial charge >= 0.3 is 0 Å². The van der Waals surface area contributed by atoms with Crippen molar-refractivity contribution in [3.63, 3.8) is 0 Å². The summed E-state index contributed by atoms with van der Waals surface area (Å²) in [6, 6.07) is 15.9. The number of nitrogens with one attached hydrogen (secondary N) is 1. The van der Waals surface area contributed by atoms with Gasteiger partial charge in [0.15, 0.2) is 0 Å². The highest BCUT2D eigenvalue weighted by atomic mass is 32.2. The zero-order valence-corrected chi connectivity index (χ0v) is 19.4. The SMILES string of the molecule is CCCCNC(=O)[C@H](C)N(Cc1ccccc1C)C(=O)CSCc1ccc(C)cc1. The van der Waals surface area contributed by atoms with Crippen molar-refractivity contribution in [1.82, 2.24) is 10.2 Å². The molecule has 0 heterocycles. The Morgan fingerprint density at radius 1 is 1.07 bits per heavy atom. The van der Waals surface area contributed by atoms with Crippen LogP contribution < -0.4 is 5.32 Å². The number of aryl methyl sites for hydroxylation is 2. The highest BCUT2D eigenvalue weighted by Gasteiger charge is 2.26. The molecule has 0 spiro atoms. The van der Waals surface area contributed by atoms with Crippen molar-refractivity contribution in [2.75, 3.05) is 12.3 Å². The minimum absolute atomic E-state index is 0.00601. The van der Waals surface area contributed by atoms with Crippen molar-refractivity contribution < 1.29 is 9.59 Å². The fraction of sp³-hybridized carbons (Fsp3) is 0.440. The normalized spacial score (nSPS) is 11.7. The second-order valence-electron chi connectivity index (χ2n) is 7.75. The van der Waals surface area contributed by atoms with Crippen molar-refractivity contribution in [3.05, 3.63) is 70.8 Å². The summed E-state index contributed by atoms with van der Waals surface area (Å²) < 4.78 is 0. The monoisotopic (exact) mass is 426 g/mol. The van der Waals surface area contributed by atoms with Crippen LogP contribution in [0.15, 0.2) is 48.5 Å². The largest absolute Gasteiger partial charge is 0.354 e. The lowest BCUT2D eigenvalue weighted by Gasteiger charge is -2.29. The fourth-order valence-electron chi connectivity index (χ4n) is 3.11. The van der Waals surface area contributed by atoms with Crippen LogP contribution in [-0.4, -0.2) is 35.1 Å². The van der Waals surface area contributed by atoms with E-state index in [4.69, 9.17) is 0 Å². The molecule has 0 aliphatic heterocycles. The van der Waals surface area contributed by atoms with Gasteiger partial charge < -0.3 is 10.2 Å². The molecule has 1 atom stereocenters. The third-order valence-corrected chi connectivity index (χ3v) is 6.20. The van der Waals surface area contributed by atoms with Gasteiger partial charge in [0.2, 0.25) is 11.8 Å².